The Bertz CT molecular complexity index is 1920. The van der Waals surface area contributed by atoms with Crippen LogP contribution in [0.5, 0.6) is 11.5 Å². The Kier molecular flexibility index (Phi) is 12.9. The smallest absolute Gasteiger partial charge is 0.341 e. The lowest BCUT2D eigenvalue weighted by atomic mass is 9.95. The zero-order chi connectivity index (χ0) is 36.3. The maximum absolute atomic E-state index is 13.8. The first-order valence-electron chi connectivity index (χ1n) is 16.7. The molecule has 0 saturated carbocycles. The minimum Gasteiger partial charge on any atom is -0.497 e. The minimum absolute atomic E-state index is 0.00719. The Morgan fingerprint density at radius 2 is 1.69 bits per heavy atom. The minimum atomic E-state index is -0.558. The van der Waals surface area contributed by atoms with E-state index >= 15 is 0 Å². The molecule has 0 bridgehead atoms. The summed E-state index contributed by atoms with van der Waals surface area (Å²) in [5.74, 6) is -0.613. The van der Waals surface area contributed by atoms with Crippen molar-refractivity contribution in [2.75, 3.05) is 31.5 Å². The van der Waals surface area contributed by atoms with Crippen LogP contribution in [0.3, 0.4) is 0 Å². The highest BCUT2D eigenvalue weighted by Crippen LogP contribution is 2.39. The SMILES string of the molecule is CCOC(=O)c1c(NC(=O)C(CC)Sc2cccc(NC(=O)/C(=C\c3ccc(OC)cc3OC)NC(=O)c3ccccc3)c2)sc2c1CCCC2. The van der Waals surface area contributed by atoms with Crippen LogP contribution >= 0.6 is 23.1 Å². The Labute approximate surface area is 306 Å². The van der Waals surface area contributed by atoms with Crippen molar-refractivity contribution >= 4 is 63.6 Å². The van der Waals surface area contributed by atoms with E-state index < -0.39 is 23.0 Å². The van der Waals surface area contributed by atoms with E-state index in [4.69, 9.17) is 14.2 Å². The largest absolute Gasteiger partial charge is 0.497 e. The van der Waals surface area contributed by atoms with Crippen LogP contribution in [0.2, 0.25) is 0 Å². The molecule has 0 fully saturated rings. The third kappa shape index (κ3) is 9.39. The fourth-order valence-corrected chi connectivity index (χ4v) is 7.93. The van der Waals surface area contributed by atoms with Crippen molar-refractivity contribution in [2.24, 2.45) is 0 Å². The summed E-state index contributed by atoms with van der Waals surface area (Å²) < 4.78 is 16.2. The number of amides is 3. The molecule has 1 aromatic heterocycles. The van der Waals surface area contributed by atoms with Crippen molar-refractivity contribution in [1.82, 2.24) is 5.32 Å². The number of hydrogen-bond acceptors (Lipinski definition) is 9. The Morgan fingerprint density at radius 3 is 2.41 bits per heavy atom. The summed E-state index contributed by atoms with van der Waals surface area (Å²) in [4.78, 5) is 55.3. The average molecular weight is 728 g/mol. The van der Waals surface area contributed by atoms with Crippen LogP contribution in [0.4, 0.5) is 10.7 Å². The maximum Gasteiger partial charge on any atom is 0.341 e. The van der Waals surface area contributed by atoms with E-state index in [-0.39, 0.29) is 18.2 Å². The number of aryl methyl sites for hydroxylation is 1. The van der Waals surface area contributed by atoms with E-state index in [1.165, 1.54) is 36.3 Å². The summed E-state index contributed by atoms with van der Waals surface area (Å²) in [5.41, 5.74) is 2.87. The number of methoxy groups -OCH3 is 2. The molecular weight excluding hydrogens is 687 g/mol. The highest BCUT2D eigenvalue weighted by molar-refractivity contribution is 8.00. The summed E-state index contributed by atoms with van der Waals surface area (Å²) in [6, 6.07) is 20.9. The van der Waals surface area contributed by atoms with Gasteiger partial charge in [-0.05, 0) is 93.1 Å². The monoisotopic (exact) mass is 727 g/mol. The number of carbonyl (C=O) groups excluding carboxylic acids is 4. The first kappa shape index (κ1) is 37.2. The number of anilines is 2. The predicted molar refractivity (Wildman–Crippen MR) is 202 cm³/mol. The van der Waals surface area contributed by atoms with E-state index in [9.17, 15) is 19.2 Å². The van der Waals surface area contributed by atoms with Gasteiger partial charge in [-0.3, -0.25) is 14.4 Å². The van der Waals surface area contributed by atoms with Crippen molar-refractivity contribution in [3.05, 3.63) is 106 Å². The maximum atomic E-state index is 13.8. The number of hydrogen-bond donors (Lipinski definition) is 3. The molecule has 1 aliphatic rings. The molecule has 3 N–H and O–H groups in total. The number of nitrogens with one attached hydrogen (secondary N) is 3. The molecule has 51 heavy (non-hydrogen) atoms. The van der Waals surface area contributed by atoms with Crippen LogP contribution in [0.1, 0.15) is 69.8 Å². The molecule has 1 aliphatic carbocycles. The standard InChI is InChI=1S/C39H41N3O7S2/c1-5-32(37(45)42-38-34(39(46)49-6-2)29-17-10-11-18-33(29)51-38)50-28-16-12-15-26(22-28)40-36(44)30(41-35(43)24-13-8-7-9-14-24)21-25-19-20-27(47-3)23-31(25)48-4/h7-9,12-16,19-23,32H,5-6,10-11,17-18H2,1-4H3,(H,40,44)(H,41,43)(H,42,45)/b30-21+. The number of rotatable bonds is 14. The second-order valence-electron chi connectivity index (χ2n) is 11.6. The molecule has 1 atom stereocenters. The van der Waals surface area contributed by atoms with Crippen LogP contribution in [-0.2, 0) is 27.2 Å². The van der Waals surface area contributed by atoms with Gasteiger partial charge in [-0.25, -0.2) is 4.79 Å². The molecule has 3 aromatic carbocycles. The molecule has 1 heterocycles. The Morgan fingerprint density at radius 1 is 0.902 bits per heavy atom. The van der Waals surface area contributed by atoms with Gasteiger partial charge in [-0.1, -0.05) is 31.2 Å². The molecule has 12 heteroatoms. The first-order chi connectivity index (χ1) is 24.7. The molecule has 266 valence electrons. The van der Waals surface area contributed by atoms with Gasteiger partial charge in [-0.15, -0.1) is 23.1 Å². The number of ether oxygens (including phenoxy) is 3. The molecule has 0 aliphatic heterocycles. The fourth-order valence-electron chi connectivity index (χ4n) is 5.63. The lowest BCUT2D eigenvalue weighted by molar-refractivity contribution is -0.116. The number of thiophene rings is 1. The van der Waals surface area contributed by atoms with Gasteiger partial charge < -0.3 is 30.2 Å². The van der Waals surface area contributed by atoms with Crippen LogP contribution in [0.15, 0.2) is 83.4 Å². The van der Waals surface area contributed by atoms with Gasteiger partial charge in [0.05, 0.1) is 31.6 Å². The zero-order valence-electron chi connectivity index (χ0n) is 29.0. The summed E-state index contributed by atoms with van der Waals surface area (Å²) in [6.45, 7) is 3.95. The zero-order valence-corrected chi connectivity index (χ0v) is 30.6. The van der Waals surface area contributed by atoms with Crippen molar-refractivity contribution in [3.8, 4) is 11.5 Å². The number of benzene rings is 3. The number of esters is 1. The molecule has 4 aromatic rings. The van der Waals surface area contributed by atoms with Crippen molar-refractivity contribution in [2.45, 2.75) is 56.1 Å². The highest BCUT2D eigenvalue weighted by atomic mass is 32.2. The van der Waals surface area contributed by atoms with Crippen molar-refractivity contribution in [3.63, 3.8) is 0 Å². The quantitative estimate of drug-likeness (QED) is 0.0683. The third-order valence-corrected chi connectivity index (χ3v) is 10.8. The van der Waals surface area contributed by atoms with Gasteiger partial charge in [0.15, 0.2) is 0 Å². The molecule has 0 saturated heterocycles. The lowest BCUT2D eigenvalue weighted by Crippen LogP contribution is -2.30. The Balaban J connectivity index is 1.35. The van der Waals surface area contributed by atoms with Gasteiger partial charge in [0.25, 0.3) is 11.8 Å². The van der Waals surface area contributed by atoms with Crippen LogP contribution in [0, 0.1) is 0 Å². The molecule has 10 nitrogen and oxygen atoms in total. The van der Waals surface area contributed by atoms with Crippen LogP contribution < -0.4 is 25.4 Å². The summed E-state index contributed by atoms with van der Waals surface area (Å²) in [5, 5.41) is 8.73. The second kappa shape index (κ2) is 17.7. The van der Waals surface area contributed by atoms with Gasteiger partial charge in [-0.2, -0.15) is 0 Å². The molecule has 1 unspecified atom stereocenters. The normalized spacial score (nSPS) is 13.0. The van der Waals surface area contributed by atoms with Gasteiger partial charge in [0.1, 0.15) is 22.2 Å². The molecular formula is C39H41N3O7S2. The van der Waals surface area contributed by atoms with Crippen LogP contribution in [0.25, 0.3) is 6.08 Å². The van der Waals surface area contributed by atoms with Crippen LogP contribution in [-0.4, -0.2) is 49.8 Å². The predicted octanol–water partition coefficient (Wildman–Crippen LogP) is 7.74. The second-order valence-corrected chi connectivity index (χ2v) is 14.0. The number of fused-ring (bicyclic) bond motifs is 1. The van der Waals surface area contributed by atoms with Gasteiger partial charge in [0.2, 0.25) is 5.91 Å². The van der Waals surface area contributed by atoms with Crippen molar-refractivity contribution < 1.29 is 33.4 Å². The molecule has 5 rings (SSSR count). The lowest BCUT2D eigenvalue weighted by Gasteiger charge is -2.16. The Hall–Kier alpha value is -5.07. The van der Waals surface area contributed by atoms with E-state index in [0.29, 0.717) is 45.3 Å². The van der Waals surface area contributed by atoms with E-state index in [1.54, 1.807) is 80.8 Å². The fraction of sp³-hybridized carbons (Fsp3) is 0.282. The topological polar surface area (TPSA) is 132 Å². The number of thioether (sulfide) groups is 1. The average Bonchev–Trinajstić information content (AvgIpc) is 3.51. The van der Waals surface area contributed by atoms with Gasteiger partial charge in [0, 0.05) is 32.7 Å². The van der Waals surface area contributed by atoms with Crippen molar-refractivity contribution in [1.29, 1.82) is 0 Å². The van der Waals surface area contributed by atoms with E-state index in [0.717, 1.165) is 41.0 Å². The molecule has 3 amide bonds. The first-order valence-corrected chi connectivity index (χ1v) is 18.4. The summed E-state index contributed by atoms with van der Waals surface area (Å²) in [6.07, 6.45) is 5.78. The number of carbonyl (C=O) groups is 4. The third-order valence-electron chi connectivity index (χ3n) is 8.19. The molecule has 0 spiro atoms. The van der Waals surface area contributed by atoms with E-state index in [2.05, 4.69) is 16.0 Å². The molecule has 0 radical (unpaired) electrons. The highest BCUT2D eigenvalue weighted by Gasteiger charge is 2.29. The summed E-state index contributed by atoms with van der Waals surface area (Å²) >= 11 is 2.82. The van der Waals surface area contributed by atoms with E-state index in [1.807, 2.05) is 13.0 Å². The summed E-state index contributed by atoms with van der Waals surface area (Å²) in [7, 11) is 3.05. The van der Waals surface area contributed by atoms with Gasteiger partial charge >= 0.3 is 5.97 Å².